The Kier molecular flexibility index (Phi) is 7.70. The van der Waals surface area contributed by atoms with E-state index < -0.39 is 11.4 Å². The van der Waals surface area contributed by atoms with Crippen LogP contribution in [0.15, 0.2) is 12.3 Å². The topological polar surface area (TPSA) is 122 Å². The van der Waals surface area contributed by atoms with Gasteiger partial charge in [0.05, 0.1) is 45.2 Å². The molecule has 8 rings (SSSR count). The average Bonchev–Trinajstić information content (AvgIpc) is 3.70. The number of pyridine rings is 1. The zero-order chi connectivity index (χ0) is 32.5. The Balaban J connectivity index is 1.28. The molecular formula is C34H41ClFN7O4. The minimum atomic E-state index is -1.16. The Bertz CT molecular complexity index is 1850. The largest absolute Gasteiger partial charge is 0.480 e. The van der Waals surface area contributed by atoms with Gasteiger partial charge in [-0.3, -0.25) is 10.00 Å². The van der Waals surface area contributed by atoms with Crippen molar-refractivity contribution >= 4 is 39.2 Å². The highest BCUT2D eigenvalue weighted by Gasteiger charge is 2.51. The van der Waals surface area contributed by atoms with Gasteiger partial charge in [0.15, 0.2) is 5.82 Å². The molecular weight excluding hydrogens is 625 g/mol. The molecule has 2 saturated heterocycles. The second-order valence-corrected chi connectivity index (χ2v) is 14.5. The molecule has 3 aromatic heterocycles. The van der Waals surface area contributed by atoms with E-state index in [1.54, 1.807) is 19.2 Å². The van der Waals surface area contributed by atoms with E-state index in [0.717, 1.165) is 25.8 Å². The summed E-state index contributed by atoms with van der Waals surface area (Å²) in [6.07, 6.45) is 9.88. The molecule has 0 radical (unpaired) electrons. The molecule has 4 aromatic rings. The molecule has 0 unspecified atom stereocenters. The number of nitrogens with zero attached hydrogens (tertiary/aromatic N) is 6. The van der Waals surface area contributed by atoms with Gasteiger partial charge in [0.1, 0.15) is 28.0 Å². The molecule has 0 bridgehead atoms. The van der Waals surface area contributed by atoms with Gasteiger partial charge in [-0.2, -0.15) is 15.1 Å². The molecule has 250 valence electrons. The molecule has 2 N–H and O–H groups in total. The first-order valence-corrected chi connectivity index (χ1v) is 17.1. The highest BCUT2D eigenvalue weighted by atomic mass is 35.5. The number of hydrogen-bond acceptors (Lipinski definition) is 10. The number of H-pyrrole nitrogens is 1. The van der Waals surface area contributed by atoms with Gasteiger partial charge in [0, 0.05) is 40.0 Å². The SMILES string of the molecule is COc1nc(-c2c(C)c(Cl)cc3[nH]ncc23)c(F)c2nc(OC[C@]34CCC[C@H]3N(C3CC3)CCC4)nc(N3CCOC[C@@](C)(O)C3)c12. The molecule has 4 fully saturated rings. The van der Waals surface area contributed by atoms with Crippen molar-refractivity contribution in [3.63, 3.8) is 0 Å². The first-order chi connectivity index (χ1) is 22.7. The predicted octanol–water partition coefficient (Wildman–Crippen LogP) is 5.44. The van der Waals surface area contributed by atoms with Crippen LogP contribution in [0.5, 0.6) is 11.9 Å². The first-order valence-electron chi connectivity index (χ1n) is 16.7. The van der Waals surface area contributed by atoms with Crippen LogP contribution in [0.3, 0.4) is 0 Å². The second-order valence-electron chi connectivity index (χ2n) is 14.1. The maximum atomic E-state index is 17.1. The number of aromatic nitrogens is 5. The minimum Gasteiger partial charge on any atom is -0.480 e. The van der Waals surface area contributed by atoms with Gasteiger partial charge in [0.25, 0.3) is 0 Å². The van der Waals surface area contributed by atoms with Crippen molar-refractivity contribution in [3.8, 4) is 23.1 Å². The van der Waals surface area contributed by atoms with Crippen LogP contribution in [0.25, 0.3) is 33.1 Å². The number of piperidine rings is 1. The van der Waals surface area contributed by atoms with Gasteiger partial charge in [-0.1, -0.05) is 18.0 Å². The van der Waals surface area contributed by atoms with Crippen LogP contribution in [0.4, 0.5) is 10.2 Å². The number of nitrogens with one attached hydrogen (secondary N) is 1. The zero-order valence-corrected chi connectivity index (χ0v) is 27.9. The van der Waals surface area contributed by atoms with Crippen molar-refractivity contribution in [1.29, 1.82) is 0 Å². The number of anilines is 1. The summed E-state index contributed by atoms with van der Waals surface area (Å²) >= 11 is 6.61. The highest BCUT2D eigenvalue weighted by Crippen LogP contribution is 2.51. The maximum Gasteiger partial charge on any atom is 0.319 e. The number of benzene rings is 1. The molecule has 5 heterocycles. The van der Waals surface area contributed by atoms with Crippen LogP contribution >= 0.6 is 11.6 Å². The third kappa shape index (κ3) is 5.37. The van der Waals surface area contributed by atoms with E-state index in [-0.39, 0.29) is 41.7 Å². The third-order valence-corrected chi connectivity index (χ3v) is 11.1. The summed E-state index contributed by atoms with van der Waals surface area (Å²) in [5, 5.41) is 19.6. The van der Waals surface area contributed by atoms with Crippen molar-refractivity contribution in [1.82, 2.24) is 30.0 Å². The Labute approximate surface area is 277 Å². The summed E-state index contributed by atoms with van der Waals surface area (Å²) in [6.45, 7) is 6.30. The van der Waals surface area contributed by atoms with E-state index in [4.69, 9.17) is 40.8 Å². The van der Waals surface area contributed by atoms with Crippen molar-refractivity contribution in [3.05, 3.63) is 28.7 Å². The fraction of sp³-hybridized carbons (Fsp3) is 0.588. The van der Waals surface area contributed by atoms with E-state index in [1.807, 2.05) is 11.8 Å². The Morgan fingerprint density at radius 3 is 2.81 bits per heavy atom. The Hall–Kier alpha value is -3.32. The highest BCUT2D eigenvalue weighted by molar-refractivity contribution is 6.33. The number of fused-ring (bicyclic) bond motifs is 3. The molecule has 0 spiro atoms. The Morgan fingerprint density at radius 1 is 1.17 bits per heavy atom. The van der Waals surface area contributed by atoms with E-state index >= 15 is 4.39 Å². The van der Waals surface area contributed by atoms with Gasteiger partial charge < -0.3 is 24.2 Å². The van der Waals surface area contributed by atoms with Crippen molar-refractivity contribution in [2.75, 3.05) is 51.5 Å². The molecule has 4 aliphatic rings. The van der Waals surface area contributed by atoms with E-state index in [9.17, 15) is 5.11 Å². The normalized spacial score (nSPS) is 26.9. The first kappa shape index (κ1) is 31.0. The van der Waals surface area contributed by atoms with Crippen molar-refractivity contribution in [2.24, 2.45) is 5.41 Å². The van der Waals surface area contributed by atoms with Gasteiger partial charge in [-0.25, -0.2) is 9.37 Å². The lowest BCUT2D eigenvalue weighted by atomic mass is 9.75. The molecule has 2 aliphatic heterocycles. The van der Waals surface area contributed by atoms with Gasteiger partial charge >= 0.3 is 6.01 Å². The molecule has 11 nitrogen and oxygen atoms in total. The number of rotatable bonds is 7. The zero-order valence-electron chi connectivity index (χ0n) is 27.1. The fourth-order valence-electron chi connectivity index (χ4n) is 8.35. The lowest BCUT2D eigenvalue weighted by Crippen LogP contribution is -2.52. The van der Waals surface area contributed by atoms with E-state index in [1.165, 1.54) is 32.8 Å². The summed E-state index contributed by atoms with van der Waals surface area (Å²) in [6, 6.07) is 3.04. The number of aromatic amines is 1. The number of ether oxygens (including phenoxy) is 3. The molecule has 3 atom stereocenters. The van der Waals surface area contributed by atoms with Gasteiger partial charge in [0.2, 0.25) is 5.88 Å². The lowest BCUT2D eigenvalue weighted by molar-refractivity contribution is -0.0123. The second kappa shape index (κ2) is 11.7. The quantitative estimate of drug-likeness (QED) is 0.264. The lowest BCUT2D eigenvalue weighted by Gasteiger charge is -2.46. The number of likely N-dealkylation sites (tertiary alicyclic amines) is 1. The van der Waals surface area contributed by atoms with Crippen LogP contribution in [0.2, 0.25) is 5.02 Å². The minimum absolute atomic E-state index is 0.0177. The van der Waals surface area contributed by atoms with Crippen LogP contribution in [-0.2, 0) is 4.74 Å². The summed E-state index contributed by atoms with van der Waals surface area (Å²) in [7, 11) is 1.49. The third-order valence-electron chi connectivity index (χ3n) is 10.7. The molecule has 2 saturated carbocycles. The van der Waals surface area contributed by atoms with Gasteiger partial charge in [-0.05, 0) is 70.5 Å². The molecule has 13 heteroatoms. The average molecular weight is 666 g/mol. The molecule has 0 amide bonds. The standard InChI is InChI=1S/C34H41ClFN7O4/c1-19-22(35)14-23-21(15-37-41-23)25(19)28-27(36)29-26(31(38-28)45-3)30(42-12-13-46-17-33(2,44)16-42)40-32(39-29)47-18-34-9-4-6-24(34)43(11-5-10-34)20-7-8-20/h14-15,20,24,44H,4-13,16-18H2,1-3H3,(H,37,41)/t24-,33+,34-/m1/s1. The number of halogens is 2. The van der Waals surface area contributed by atoms with Crippen LogP contribution < -0.4 is 14.4 Å². The summed E-state index contributed by atoms with van der Waals surface area (Å²) in [5.41, 5.74) is 0.743. The van der Waals surface area contributed by atoms with Crippen LogP contribution in [0.1, 0.15) is 57.4 Å². The Morgan fingerprint density at radius 2 is 2.00 bits per heavy atom. The maximum absolute atomic E-state index is 17.1. The van der Waals surface area contributed by atoms with E-state index in [2.05, 4.69) is 15.1 Å². The smallest absolute Gasteiger partial charge is 0.319 e. The summed E-state index contributed by atoms with van der Waals surface area (Å²) < 4.78 is 35.2. The number of β-amino-alcohol motifs (C(OH)–C–C–N with tert-alkyl or cyclic N) is 1. The summed E-state index contributed by atoms with van der Waals surface area (Å²) in [4.78, 5) is 19.0. The number of aliphatic hydroxyl groups is 1. The van der Waals surface area contributed by atoms with Crippen LogP contribution in [0, 0.1) is 18.2 Å². The summed E-state index contributed by atoms with van der Waals surface area (Å²) in [5.74, 6) is -0.111. The van der Waals surface area contributed by atoms with Crippen molar-refractivity contribution < 1.29 is 23.7 Å². The molecule has 47 heavy (non-hydrogen) atoms. The van der Waals surface area contributed by atoms with Gasteiger partial charge in [-0.15, -0.1) is 0 Å². The fourth-order valence-corrected chi connectivity index (χ4v) is 8.56. The van der Waals surface area contributed by atoms with E-state index in [0.29, 0.717) is 70.1 Å². The number of hydrogen-bond donors (Lipinski definition) is 2. The predicted molar refractivity (Wildman–Crippen MR) is 177 cm³/mol. The monoisotopic (exact) mass is 665 g/mol. The molecule has 1 aromatic carbocycles. The van der Waals surface area contributed by atoms with Crippen molar-refractivity contribution in [2.45, 2.75) is 76.5 Å². The number of methoxy groups -OCH3 is 1. The molecule has 2 aliphatic carbocycles. The van der Waals surface area contributed by atoms with Crippen LogP contribution in [-0.4, -0.2) is 99.4 Å².